The second-order valence-electron chi connectivity index (χ2n) is 6.08. The van der Waals surface area contributed by atoms with E-state index in [1.807, 2.05) is 0 Å². The molecular weight excluding hydrogens is 306 g/mol. The molecule has 1 saturated heterocycles. The van der Waals surface area contributed by atoms with Crippen LogP contribution in [0.25, 0.3) is 11.0 Å². The Kier molecular flexibility index (Phi) is 3.77. The van der Waals surface area contributed by atoms with Crippen molar-refractivity contribution in [1.82, 2.24) is 18.9 Å². The minimum absolute atomic E-state index is 0.525. The Morgan fingerprint density at radius 3 is 2.70 bits per heavy atom. The van der Waals surface area contributed by atoms with Gasteiger partial charge in [-0.05, 0) is 31.9 Å². The number of hydrogen-bond donors (Lipinski definition) is 0. The fourth-order valence-corrected chi connectivity index (χ4v) is 4.26. The summed E-state index contributed by atoms with van der Waals surface area (Å²) < 4.78 is 6.83. The van der Waals surface area contributed by atoms with E-state index in [0.717, 1.165) is 54.6 Å². The molecule has 0 unspecified atom stereocenters. The summed E-state index contributed by atoms with van der Waals surface area (Å²) >= 11 is 1.53. The molecule has 0 bridgehead atoms. The van der Waals surface area contributed by atoms with E-state index in [-0.39, 0.29) is 0 Å². The smallest absolute Gasteiger partial charge is 0.205 e. The Balaban J connectivity index is 1.53. The van der Waals surface area contributed by atoms with Crippen molar-refractivity contribution >= 4 is 27.7 Å². The summed E-state index contributed by atoms with van der Waals surface area (Å²) in [4.78, 5) is 11.7. The molecule has 1 fully saturated rings. The predicted molar refractivity (Wildman–Crippen MR) is 94.2 cm³/mol. The molecule has 6 heteroatoms. The summed E-state index contributed by atoms with van der Waals surface area (Å²) in [7, 11) is 0. The molecule has 0 amide bonds. The maximum Gasteiger partial charge on any atom is 0.205 e. The number of nitrogens with zero attached hydrogens (tertiary/aromatic N) is 5. The van der Waals surface area contributed by atoms with Crippen LogP contribution in [0.1, 0.15) is 37.5 Å². The quantitative estimate of drug-likeness (QED) is 0.737. The van der Waals surface area contributed by atoms with Crippen LogP contribution in [-0.4, -0.2) is 32.0 Å². The van der Waals surface area contributed by atoms with Crippen LogP contribution >= 0.6 is 11.5 Å². The lowest BCUT2D eigenvalue weighted by Gasteiger charge is -2.33. The molecule has 0 atom stereocenters. The monoisotopic (exact) mass is 327 g/mol. The SMILES string of the molecule is CCc1nsc(N2CCC(n3c(C)nc4ccccc43)CC2)n1. The van der Waals surface area contributed by atoms with Crippen LogP contribution in [0, 0.1) is 6.92 Å². The standard InChI is InChI=1S/C17H21N5S/c1-3-16-19-17(23-20-16)21-10-8-13(9-11-21)22-12(2)18-14-6-4-5-7-15(14)22/h4-7,13H,3,8-11H2,1-2H3. The average molecular weight is 327 g/mol. The van der Waals surface area contributed by atoms with E-state index in [4.69, 9.17) is 4.98 Å². The van der Waals surface area contributed by atoms with Crippen molar-refractivity contribution in [1.29, 1.82) is 0 Å². The fourth-order valence-electron chi connectivity index (χ4n) is 3.46. The van der Waals surface area contributed by atoms with Crippen molar-refractivity contribution in [3.05, 3.63) is 35.9 Å². The maximum absolute atomic E-state index is 4.71. The Hall–Kier alpha value is -1.95. The molecule has 1 aromatic carbocycles. The first-order valence-electron chi connectivity index (χ1n) is 8.27. The number of benzene rings is 1. The summed E-state index contributed by atoms with van der Waals surface area (Å²) in [6, 6.07) is 8.96. The number of fused-ring (bicyclic) bond motifs is 1. The third-order valence-electron chi connectivity index (χ3n) is 4.65. The van der Waals surface area contributed by atoms with Crippen molar-refractivity contribution in [2.75, 3.05) is 18.0 Å². The number of hydrogen-bond acceptors (Lipinski definition) is 5. The van der Waals surface area contributed by atoms with Gasteiger partial charge in [0.1, 0.15) is 11.6 Å². The van der Waals surface area contributed by atoms with Crippen LogP contribution in [0.3, 0.4) is 0 Å². The lowest BCUT2D eigenvalue weighted by Crippen LogP contribution is -2.34. The first-order chi connectivity index (χ1) is 11.3. The molecule has 23 heavy (non-hydrogen) atoms. The minimum Gasteiger partial charge on any atom is -0.347 e. The lowest BCUT2D eigenvalue weighted by atomic mass is 10.0. The van der Waals surface area contributed by atoms with E-state index in [2.05, 4.69) is 56.9 Å². The van der Waals surface area contributed by atoms with Gasteiger partial charge in [-0.3, -0.25) is 0 Å². The summed E-state index contributed by atoms with van der Waals surface area (Å²) in [5, 5.41) is 1.08. The zero-order valence-electron chi connectivity index (χ0n) is 13.6. The van der Waals surface area contributed by atoms with Gasteiger partial charge in [0.05, 0.1) is 11.0 Å². The number of imidazole rings is 1. The number of aromatic nitrogens is 4. The van der Waals surface area contributed by atoms with Crippen LogP contribution < -0.4 is 4.90 Å². The van der Waals surface area contributed by atoms with E-state index >= 15 is 0 Å². The molecule has 1 aliphatic heterocycles. The topological polar surface area (TPSA) is 46.8 Å². The van der Waals surface area contributed by atoms with Gasteiger partial charge >= 0.3 is 0 Å². The molecule has 0 saturated carbocycles. The minimum atomic E-state index is 0.525. The van der Waals surface area contributed by atoms with Crippen LogP contribution in [0.2, 0.25) is 0 Å². The van der Waals surface area contributed by atoms with Gasteiger partial charge in [-0.1, -0.05) is 19.1 Å². The highest BCUT2D eigenvalue weighted by molar-refractivity contribution is 7.09. The van der Waals surface area contributed by atoms with Crippen molar-refractivity contribution in [3.8, 4) is 0 Å². The number of rotatable bonds is 3. The van der Waals surface area contributed by atoms with Crippen molar-refractivity contribution < 1.29 is 0 Å². The van der Waals surface area contributed by atoms with Crippen LogP contribution in [-0.2, 0) is 6.42 Å². The summed E-state index contributed by atoms with van der Waals surface area (Å²) in [6.45, 7) is 6.29. The van der Waals surface area contributed by atoms with Crippen molar-refractivity contribution in [3.63, 3.8) is 0 Å². The second-order valence-corrected chi connectivity index (χ2v) is 6.81. The van der Waals surface area contributed by atoms with Gasteiger partial charge in [0.15, 0.2) is 0 Å². The molecular formula is C17H21N5S. The van der Waals surface area contributed by atoms with Gasteiger partial charge in [-0.25, -0.2) is 9.97 Å². The van der Waals surface area contributed by atoms with Gasteiger partial charge in [-0.15, -0.1) is 0 Å². The van der Waals surface area contributed by atoms with E-state index in [1.54, 1.807) is 0 Å². The average Bonchev–Trinajstić information content (AvgIpc) is 3.18. The predicted octanol–water partition coefficient (Wildman–Crippen LogP) is 3.60. The van der Waals surface area contributed by atoms with Gasteiger partial charge in [-0.2, -0.15) is 4.37 Å². The van der Waals surface area contributed by atoms with E-state index < -0.39 is 0 Å². The largest absolute Gasteiger partial charge is 0.347 e. The molecule has 0 radical (unpaired) electrons. The number of anilines is 1. The molecule has 0 aliphatic carbocycles. The van der Waals surface area contributed by atoms with Crippen LogP contribution in [0.5, 0.6) is 0 Å². The van der Waals surface area contributed by atoms with Gasteiger partial charge < -0.3 is 9.47 Å². The summed E-state index contributed by atoms with van der Waals surface area (Å²) in [5.74, 6) is 2.08. The second kappa shape index (κ2) is 5.92. The highest BCUT2D eigenvalue weighted by atomic mass is 32.1. The Morgan fingerprint density at radius 2 is 1.96 bits per heavy atom. The normalized spacial score (nSPS) is 16.3. The molecule has 3 heterocycles. The van der Waals surface area contributed by atoms with Crippen molar-refractivity contribution in [2.45, 2.75) is 39.2 Å². The summed E-state index contributed by atoms with van der Waals surface area (Å²) in [5.41, 5.74) is 2.36. The summed E-state index contributed by atoms with van der Waals surface area (Å²) in [6.07, 6.45) is 3.16. The van der Waals surface area contributed by atoms with E-state index in [9.17, 15) is 0 Å². The lowest BCUT2D eigenvalue weighted by molar-refractivity contribution is 0.398. The fraction of sp³-hybridized carbons (Fsp3) is 0.471. The molecule has 4 rings (SSSR count). The van der Waals surface area contributed by atoms with Crippen LogP contribution in [0.4, 0.5) is 5.13 Å². The molecule has 0 N–H and O–H groups in total. The first-order valence-corrected chi connectivity index (χ1v) is 9.04. The molecule has 1 aliphatic rings. The molecule has 3 aromatic rings. The molecule has 120 valence electrons. The Morgan fingerprint density at radius 1 is 1.17 bits per heavy atom. The highest BCUT2D eigenvalue weighted by Crippen LogP contribution is 2.31. The van der Waals surface area contributed by atoms with Crippen LogP contribution in [0.15, 0.2) is 24.3 Å². The Labute approximate surface area is 140 Å². The van der Waals surface area contributed by atoms with E-state index in [0.29, 0.717) is 6.04 Å². The number of aryl methyl sites for hydroxylation is 2. The molecule has 2 aromatic heterocycles. The third kappa shape index (κ3) is 2.61. The molecule has 0 spiro atoms. The van der Waals surface area contributed by atoms with E-state index in [1.165, 1.54) is 17.0 Å². The van der Waals surface area contributed by atoms with Gasteiger partial charge in [0, 0.05) is 37.1 Å². The number of para-hydroxylation sites is 2. The zero-order valence-corrected chi connectivity index (χ0v) is 14.4. The zero-order chi connectivity index (χ0) is 15.8. The number of piperidine rings is 1. The van der Waals surface area contributed by atoms with Crippen molar-refractivity contribution in [2.24, 2.45) is 0 Å². The highest BCUT2D eigenvalue weighted by Gasteiger charge is 2.25. The van der Waals surface area contributed by atoms with Gasteiger partial charge in [0.2, 0.25) is 5.13 Å². The first kappa shape index (κ1) is 14.6. The maximum atomic E-state index is 4.71. The third-order valence-corrected chi connectivity index (χ3v) is 5.46. The van der Waals surface area contributed by atoms with Gasteiger partial charge in [0.25, 0.3) is 0 Å². The Bertz CT molecular complexity index is 813. The molecule has 5 nitrogen and oxygen atoms in total.